The topological polar surface area (TPSA) is 0 Å². The fourth-order valence-electron chi connectivity index (χ4n) is 1.12. The van der Waals surface area contributed by atoms with Crippen LogP contribution in [0, 0.1) is 0 Å². The Hall–Kier alpha value is -1.30. The molecule has 0 unspecified atom stereocenters. The van der Waals surface area contributed by atoms with Crippen LogP contribution in [0.1, 0.15) is 12.5 Å². The Kier molecular flexibility index (Phi) is 3.34. The number of benzene rings is 1. The summed E-state index contributed by atoms with van der Waals surface area (Å²) in [4.78, 5) is 0. The van der Waals surface area contributed by atoms with Crippen molar-refractivity contribution in [3.8, 4) is 0 Å². The quantitative estimate of drug-likeness (QED) is 0.592. The van der Waals surface area contributed by atoms with Gasteiger partial charge >= 0.3 is 0 Å². The molecule has 62 valence electrons. The van der Waals surface area contributed by atoms with E-state index in [1.807, 2.05) is 19.1 Å². The summed E-state index contributed by atoms with van der Waals surface area (Å²) in [6, 6.07) is 10.4. The lowest BCUT2D eigenvalue weighted by atomic mass is 10.1. The highest BCUT2D eigenvalue weighted by atomic mass is 14.0. The highest BCUT2D eigenvalue weighted by molar-refractivity contribution is 5.26. The zero-order valence-electron chi connectivity index (χ0n) is 7.46. The third-order valence-electron chi connectivity index (χ3n) is 1.88. The molecule has 0 heterocycles. The minimum absolute atomic E-state index is 0.987. The Morgan fingerprint density at radius 3 is 2.50 bits per heavy atom. The molecule has 0 N–H and O–H groups in total. The molecule has 1 aromatic carbocycles. The average Bonchev–Trinajstić information content (AvgIpc) is 2.16. The molecular formula is C12H14. The van der Waals surface area contributed by atoms with Gasteiger partial charge in [-0.25, -0.2) is 0 Å². The summed E-state index contributed by atoms with van der Waals surface area (Å²) in [5, 5.41) is 0. The van der Waals surface area contributed by atoms with E-state index in [0.29, 0.717) is 0 Å². The van der Waals surface area contributed by atoms with Crippen molar-refractivity contribution in [2.45, 2.75) is 13.3 Å². The predicted octanol–water partition coefficient (Wildman–Crippen LogP) is 3.36. The molecule has 0 saturated carbocycles. The van der Waals surface area contributed by atoms with Crippen molar-refractivity contribution in [3.63, 3.8) is 0 Å². The second kappa shape index (κ2) is 4.55. The fraction of sp³-hybridized carbons (Fsp3) is 0.167. The van der Waals surface area contributed by atoms with E-state index in [0.717, 1.165) is 6.42 Å². The van der Waals surface area contributed by atoms with E-state index in [9.17, 15) is 0 Å². The Morgan fingerprint density at radius 1 is 1.33 bits per heavy atom. The van der Waals surface area contributed by atoms with E-state index in [1.165, 1.54) is 11.1 Å². The molecule has 0 spiro atoms. The molecule has 0 heteroatoms. The van der Waals surface area contributed by atoms with Crippen LogP contribution in [0.25, 0.3) is 0 Å². The molecule has 0 bridgehead atoms. The van der Waals surface area contributed by atoms with E-state index in [2.05, 4.69) is 36.9 Å². The maximum Gasteiger partial charge on any atom is -0.00293 e. The number of hydrogen-bond donors (Lipinski definition) is 0. The first kappa shape index (κ1) is 8.79. The SMILES string of the molecule is C=CC(=CC)Cc1ccccc1. The fourth-order valence-corrected chi connectivity index (χ4v) is 1.12. The van der Waals surface area contributed by atoms with E-state index < -0.39 is 0 Å². The van der Waals surface area contributed by atoms with Crippen molar-refractivity contribution in [1.82, 2.24) is 0 Å². The van der Waals surface area contributed by atoms with Gasteiger partial charge in [-0.1, -0.05) is 49.1 Å². The Labute approximate surface area is 74.2 Å². The third-order valence-corrected chi connectivity index (χ3v) is 1.88. The monoisotopic (exact) mass is 158 g/mol. The Bertz CT molecular complexity index is 267. The molecule has 0 aromatic heterocycles. The molecule has 1 aromatic rings. The van der Waals surface area contributed by atoms with Gasteiger partial charge in [0.2, 0.25) is 0 Å². The maximum atomic E-state index is 3.76. The summed E-state index contributed by atoms with van der Waals surface area (Å²) in [5.41, 5.74) is 2.62. The molecule has 0 saturated heterocycles. The van der Waals surface area contributed by atoms with E-state index in [-0.39, 0.29) is 0 Å². The van der Waals surface area contributed by atoms with Gasteiger partial charge in [0, 0.05) is 0 Å². The summed E-state index contributed by atoms with van der Waals surface area (Å²) < 4.78 is 0. The van der Waals surface area contributed by atoms with Crippen LogP contribution < -0.4 is 0 Å². The predicted molar refractivity (Wildman–Crippen MR) is 54.1 cm³/mol. The summed E-state index contributed by atoms with van der Waals surface area (Å²) in [6.07, 6.45) is 4.99. The smallest absolute Gasteiger partial charge is 0.00293 e. The maximum absolute atomic E-state index is 3.76. The van der Waals surface area contributed by atoms with Gasteiger partial charge in [-0.15, -0.1) is 0 Å². The van der Waals surface area contributed by atoms with Gasteiger partial charge in [-0.05, 0) is 24.5 Å². The zero-order valence-corrected chi connectivity index (χ0v) is 7.46. The Morgan fingerprint density at radius 2 is 2.00 bits per heavy atom. The molecule has 0 nitrogen and oxygen atoms in total. The van der Waals surface area contributed by atoms with Crippen LogP contribution in [-0.2, 0) is 6.42 Å². The average molecular weight is 158 g/mol. The number of allylic oxidation sites excluding steroid dienone is 3. The number of hydrogen-bond acceptors (Lipinski definition) is 0. The van der Waals surface area contributed by atoms with Gasteiger partial charge in [-0.3, -0.25) is 0 Å². The van der Waals surface area contributed by atoms with E-state index >= 15 is 0 Å². The van der Waals surface area contributed by atoms with Crippen LogP contribution in [0.3, 0.4) is 0 Å². The molecule has 0 aliphatic heterocycles. The molecule has 0 aliphatic rings. The Balaban J connectivity index is 2.70. The molecule has 0 fully saturated rings. The van der Waals surface area contributed by atoms with Crippen LogP contribution in [0.15, 0.2) is 54.6 Å². The molecular weight excluding hydrogens is 144 g/mol. The lowest BCUT2D eigenvalue weighted by Crippen LogP contribution is -1.85. The first-order chi connectivity index (χ1) is 5.86. The van der Waals surface area contributed by atoms with Crippen LogP contribution in [-0.4, -0.2) is 0 Å². The van der Waals surface area contributed by atoms with Gasteiger partial charge in [0.1, 0.15) is 0 Å². The molecule has 0 amide bonds. The van der Waals surface area contributed by atoms with Gasteiger partial charge in [-0.2, -0.15) is 0 Å². The summed E-state index contributed by atoms with van der Waals surface area (Å²) >= 11 is 0. The second-order valence-corrected chi connectivity index (χ2v) is 2.73. The lowest BCUT2D eigenvalue weighted by Gasteiger charge is -2.00. The van der Waals surface area contributed by atoms with Crippen molar-refractivity contribution < 1.29 is 0 Å². The van der Waals surface area contributed by atoms with E-state index in [4.69, 9.17) is 0 Å². The largest absolute Gasteiger partial charge is 0.0988 e. The van der Waals surface area contributed by atoms with Crippen LogP contribution in [0.5, 0.6) is 0 Å². The van der Waals surface area contributed by atoms with Crippen LogP contribution >= 0.6 is 0 Å². The van der Waals surface area contributed by atoms with Gasteiger partial charge in [0.15, 0.2) is 0 Å². The first-order valence-corrected chi connectivity index (χ1v) is 4.18. The van der Waals surface area contributed by atoms with Crippen molar-refractivity contribution >= 4 is 0 Å². The minimum atomic E-state index is 0.987. The first-order valence-electron chi connectivity index (χ1n) is 4.18. The molecule has 0 aliphatic carbocycles. The van der Waals surface area contributed by atoms with Gasteiger partial charge in [0.05, 0.1) is 0 Å². The van der Waals surface area contributed by atoms with Crippen LogP contribution in [0.2, 0.25) is 0 Å². The normalized spacial score (nSPS) is 11.2. The molecule has 1 rings (SSSR count). The molecule has 0 atom stereocenters. The van der Waals surface area contributed by atoms with Crippen molar-refractivity contribution in [2.75, 3.05) is 0 Å². The second-order valence-electron chi connectivity index (χ2n) is 2.73. The van der Waals surface area contributed by atoms with E-state index in [1.54, 1.807) is 0 Å². The highest BCUT2D eigenvalue weighted by Gasteiger charge is 1.92. The minimum Gasteiger partial charge on any atom is -0.0988 e. The molecule has 0 radical (unpaired) electrons. The highest BCUT2D eigenvalue weighted by Crippen LogP contribution is 2.07. The van der Waals surface area contributed by atoms with Gasteiger partial charge in [0.25, 0.3) is 0 Å². The molecule has 12 heavy (non-hydrogen) atoms. The van der Waals surface area contributed by atoms with Crippen molar-refractivity contribution in [3.05, 3.63) is 60.2 Å². The van der Waals surface area contributed by atoms with Crippen LogP contribution in [0.4, 0.5) is 0 Å². The number of rotatable bonds is 3. The summed E-state index contributed by atoms with van der Waals surface area (Å²) in [6.45, 7) is 5.80. The lowest BCUT2D eigenvalue weighted by molar-refractivity contribution is 1.19. The summed E-state index contributed by atoms with van der Waals surface area (Å²) in [7, 11) is 0. The standard InChI is InChI=1S/C12H14/c1-3-11(4-2)10-12-8-6-5-7-9-12/h3-9H,1,10H2,2H3. The third kappa shape index (κ3) is 2.39. The summed E-state index contributed by atoms with van der Waals surface area (Å²) in [5.74, 6) is 0. The van der Waals surface area contributed by atoms with Gasteiger partial charge < -0.3 is 0 Å². The van der Waals surface area contributed by atoms with Crippen molar-refractivity contribution in [1.29, 1.82) is 0 Å². The zero-order chi connectivity index (χ0) is 8.81. The van der Waals surface area contributed by atoms with Crippen molar-refractivity contribution in [2.24, 2.45) is 0 Å².